The first-order chi connectivity index (χ1) is 15.4. The highest BCUT2D eigenvalue weighted by molar-refractivity contribution is 7.93. The molecular formula is C24H18ClN3O3S. The molecule has 0 unspecified atom stereocenters. The van der Waals surface area contributed by atoms with Crippen molar-refractivity contribution < 1.29 is 13.2 Å². The van der Waals surface area contributed by atoms with Gasteiger partial charge in [-0.25, -0.2) is 8.42 Å². The predicted octanol–water partition coefficient (Wildman–Crippen LogP) is 4.80. The molecule has 2 aromatic carbocycles. The molecule has 0 radical (unpaired) electrons. The number of rotatable bonds is 4. The minimum atomic E-state index is -4.00. The second-order valence-electron chi connectivity index (χ2n) is 6.91. The molecule has 0 aliphatic heterocycles. The number of aromatic nitrogens is 2. The van der Waals surface area contributed by atoms with Gasteiger partial charge < -0.3 is 4.74 Å². The first-order valence-electron chi connectivity index (χ1n) is 9.56. The first kappa shape index (κ1) is 21.6. The maximum absolute atomic E-state index is 13.4. The molecule has 0 fully saturated rings. The number of methoxy groups -OCH3 is 1. The zero-order valence-electron chi connectivity index (χ0n) is 17.3. The third-order valence-corrected chi connectivity index (χ3v) is 6.34. The summed E-state index contributed by atoms with van der Waals surface area (Å²) in [4.78, 5) is 8.35. The second kappa shape index (κ2) is 8.87. The van der Waals surface area contributed by atoms with Crippen molar-refractivity contribution in [1.29, 1.82) is 0 Å². The molecule has 160 valence electrons. The number of fused-ring (bicyclic) bond motifs is 1. The number of hydrogen-bond acceptors (Lipinski definition) is 5. The number of sulfonamides is 1. The second-order valence-corrected chi connectivity index (χ2v) is 9.00. The van der Waals surface area contributed by atoms with Gasteiger partial charge in [0.05, 0.1) is 23.9 Å². The van der Waals surface area contributed by atoms with E-state index >= 15 is 0 Å². The van der Waals surface area contributed by atoms with Gasteiger partial charge in [-0.3, -0.25) is 14.7 Å². The number of benzene rings is 2. The summed E-state index contributed by atoms with van der Waals surface area (Å²) in [6.07, 6.45) is 4.82. The van der Waals surface area contributed by atoms with Crippen molar-refractivity contribution in [2.75, 3.05) is 11.8 Å². The van der Waals surface area contributed by atoms with E-state index in [1.807, 2.05) is 6.07 Å². The highest BCUT2D eigenvalue weighted by Gasteiger charge is 2.22. The monoisotopic (exact) mass is 463 g/mol. The maximum atomic E-state index is 13.4. The van der Waals surface area contributed by atoms with Gasteiger partial charge in [-0.05, 0) is 61.0 Å². The smallest absolute Gasteiger partial charge is 0.264 e. The third-order valence-electron chi connectivity index (χ3n) is 4.74. The molecule has 0 bridgehead atoms. The molecule has 6 nitrogen and oxygen atoms in total. The Balaban J connectivity index is 1.81. The molecule has 0 aliphatic rings. The van der Waals surface area contributed by atoms with Gasteiger partial charge in [0.1, 0.15) is 10.6 Å². The van der Waals surface area contributed by atoms with Crippen LogP contribution < -0.4 is 9.46 Å². The molecule has 0 saturated carbocycles. The Morgan fingerprint density at radius 2 is 1.88 bits per heavy atom. The fourth-order valence-corrected chi connectivity index (χ4v) is 4.84. The summed E-state index contributed by atoms with van der Waals surface area (Å²) >= 11 is 6.22. The Hall–Kier alpha value is -3.60. The van der Waals surface area contributed by atoms with Crippen LogP contribution >= 0.6 is 11.6 Å². The average molecular weight is 464 g/mol. The number of hydrogen-bond donors (Lipinski definition) is 1. The van der Waals surface area contributed by atoms with Gasteiger partial charge in [-0.2, -0.15) is 0 Å². The van der Waals surface area contributed by atoms with E-state index < -0.39 is 10.0 Å². The normalized spacial score (nSPS) is 11.0. The van der Waals surface area contributed by atoms with Crippen LogP contribution in [-0.4, -0.2) is 25.5 Å². The largest absolute Gasteiger partial charge is 0.496 e. The van der Waals surface area contributed by atoms with Gasteiger partial charge in [0.2, 0.25) is 0 Å². The fraction of sp³-hybridized carbons (Fsp3) is 0.0833. The fourth-order valence-electron chi connectivity index (χ4n) is 3.26. The predicted molar refractivity (Wildman–Crippen MR) is 126 cm³/mol. The van der Waals surface area contributed by atoms with Crippen molar-refractivity contribution >= 4 is 38.2 Å². The van der Waals surface area contributed by atoms with Gasteiger partial charge >= 0.3 is 0 Å². The molecule has 0 amide bonds. The lowest BCUT2D eigenvalue weighted by atomic mass is 10.1. The minimum Gasteiger partial charge on any atom is -0.496 e. The first-order valence-corrected chi connectivity index (χ1v) is 11.4. The van der Waals surface area contributed by atoms with E-state index in [1.54, 1.807) is 61.9 Å². The Kier molecular flexibility index (Phi) is 5.99. The van der Waals surface area contributed by atoms with E-state index in [-0.39, 0.29) is 4.90 Å². The summed E-state index contributed by atoms with van der Waals surface area (Å²) in [5.74, 6) is 6.53. The molecule has 2 heterocycles. The van der Waals surface area contributed by atoms with Crippen LogP contribution in [0, 0.1) is 18.8 Å². The van der Waals surface area contributed by atoms with Crippen LogP contribution in [0.4, 0.5) is 5.69 Å². The molecule has 2 aromatic heterocycles. The summed E-state index contributed by atoms with van der Waals surface area (Å²) in [6, 6.07) is 13.5. The molecule has 0 spiro atoms. The average Bonchev–Trinajstić information content (AvgIpc) is 2.79. The van der Waals surface area contributed by atoms with Crippen LogP contribution in [0.1, 0.15) is 16.7 Å². The van der Waals surface area contributed by atoms with Crippen LogP contribution in [-0.2, 0) is 10.0 Å². The highest BCUT2D eigenvalue weighted by atomic mass is 35.5. The van der Waals surface area contributed by atoms with Gasteiger partial charge in [-0.15, -0.1) is 0 Å². The molecule has 4 rings (SSSR count). The molecule has 32 heavy (non-hydrogen) atoms. The lowest BCUT2D eigenvalue weighted by Crippen LogP contribution is -2.16. The van der Waals surface area contributed by atoms with Crippen LogP contribution in [0.5, 0.6) is 5.75 Å². The lowest BCUT2D eigenvalue weighted by Gasteiger charge is -2.15. The van der Waals surface area contributed by atoms with Crippen molar-refractivity contribution in [2.45, 2.75) is 11.8 Å². The van der Waals surface area contributed by atoms with Crippen molar-refractivity contribution in [3.8, 4) is 17.6 Å². The number of nitrogens with zero attached hydrogens (tertiary/aromatic N) is 2. The standard InChI is InChI=1S/C24H18ClN3O3S/c1-16-13-19(25)14-18(8-7-17-5-3-11-26-15-17)23(16)28-32(29,30)22-10-9-21(31-2)20-6-4-12-27-24(20)22/h3-6,9-15,28H,1-2H3. The summed E-state index contributed by atoms with van der Waals surface area (Å²) in [5.41, 5.74) is 2.46. The zero-order valence-corrected chi connectivity index (χ0v) is 18.8. The van der Waals surface area contributed by atoms with E-state index in [2.05, 4.69) is 26.5 Å². The van der Waals surface area contributed by atoms with Crippen LogP contribution in [0.25, 0.3) is 10.9 Å². The Morgan fingerprint density at radius 1 is 1.06 bits per heavy atom. The third kappa shape index (κ3) is 4.37. The number of anilines is 1. The quantitative estimate of drug-likeness (QED) is 0.439. The zero-order chi connectivity index (χ0) is 22.7. The molecular weight excluding hydrogens is 446 g/mol. The SMILES string of the molecule is COc1ccc(S(=O)(=O)Nc2c(C)cc(Cl)cc2C#Cc2cccnc2)c2ncccc12. The van der Waals surface area contributed by atoms with Crippen LogP contribution in [0.3, 0.4) is 0 Å². The van der Waals surface area contributed by atoms with Gasteiger partial charge in [-0.1, -0.05) is 23.4 Å². The lowest BCUT2D eigenvalue weighted by molar-refractivity contribution is 0.419. The van der Waals surface area contributed by atoms with E-state index in [0.29, 0.717) is 44.1 Å². The van der Waals surface area contributed by atoms with Crippen molar-refractivity contribution in [3.63, 3.8) is 0 Å². The van der Waals surface area contributed by atoms with Crippen molar-refractivity contribution in [3.05, 3.63) is 88.8 Å². The van der Waals surface area contributed by atoms with Gasteiger partial charge in [0.15, 0.2) is 0 Å². The maximum Gasteiger partial charge on any atom is 0.264 e. The number of aryl methyl sites for hydroxylation is 1. The Labute approximate surface area is 191 Å². The summed E-state index contributed by atoms with van der Waals surface area (Å²) in [5, 5.41) is 1.06. The molecule has 0 aliphatic carbocycles. The van der Waals surface area contributed by atoms with Crippen LogP contribution in [0.15, 0.2) is 72.0 Å². The number of pyridine rings is 2. The number of halogens is 1. The van der Waals surface area contributed by atoms with E-state index in [4.69, 9.17) is 16.3 Å². The van der Waals surface area contributed by atoms with E-state index in [0.717, 1.165) is 0 Å². The summed E-state index contributed by atoms with van der Waals surface area (Å²) < 4.78 is 34.8. The highest BCUT2D eigenvalue weighted by Crippen LogP contribution is 2.32. The van der Waals surface area contributed by atoms with E-state index in [9.17, 15) is 8.42 Å². The topological polar surface area (TPSA) is 81.2 Å². The van der Waals surface area contributed by atoms with Gasteiger partial charge in [0.25, 0.3) is 10.0 Å². The number of nitrogens with one attached hydrogen (secondary N) is 1. The van der Waals surface area contributed by atoms with E-state index in [1.165, 1.54) is 13.2 Å². The van der Waals surface area contributed by atoms with Crippen molar-refractivity contribution in [1.82, 2.24) is 9.97 Å². The van der Waals surface area contributed by atoms with Crippen molar-refractivity contribution in [2.24, 2.45) is 0 Å². The summed E-state index contributed by atoms with van der Waals surface area (Å²) in [6.45, 7) is 1.77. The summed E-state index contributed by atoms with van der Waals surface area (Å²) in [7, 11) is -2.47. The van der Waals surface area contributed by atoms with Crippen LogP contribution in [0.2, 0.25) is 5.02 Å². The van der Waals surface area contributed by atoms with Gasteiger partial charge in [0, 0.05) is 34.6 Å². The number of ether oxygens (including phenoxy) is 1. The molecule has 0 saturated heterocycles. The molecule has 4 aromatic rings. The minimum absolute atomic E-state index is 0.0365. The Bertz CT molecular complexity index is 1480. The molecule has 0 atom stereocenters. The molecule has 8 heteroatoms. The Morgan fingerprint density at radius 3 is 2.62 bits per heavy atom. The molecule has 1 N–H and O–H groups in total.